The molecule has 0 saturated carbocycles. The lowest BCUT2D eigenvalue weighted by atomic mass is 10.0. The zero-order chi connectivity index (χ0) is 17.6. The summed E-state index contributed by atoms with van der Waals surface area (Å²) in [7, 11) is 1.67. The summed E-state index contributed by atoms with van der Waals surface area (Å²) in [6.07, 6.45) is 5.77. The quantitative estimate of drug-likeness (QED) is 0.712. The molecule has 0 N–H and O–H groups in total. The predicted octanol–water partition coefficient (Wildman–Crippen LogP) is 2.94. The van der Waals surface area contributed by atoms with Gasteiger partial charge in [-0.3, -0.25) is 9.69 Å². The van der Waals surface area contributed by atoms with Crippen molar-refractivity contribution in [2.75, 3.05) is 33.4 Å². The van der Waals surface area contributed by atoms with Gasteiger partial charge in [-0.25, -0.2) is 0 Å². The van der Waals surface area contributed by atoms with Crippen LogP contribution in [0.2, 0.25) is 0 Å². The van der Waals surface area contributed by atoms with E-state index in [0.717, 1.165) is 57.0 Å². The highest BCUT2D eigenvalue weighted by Crippen LogP contribution is 2.30. The zero-order valence-corrected chi connectivity index (χ0v) is 15.4. The number of carbonyl (C=O) groups excluding carboxylic acids is 1. The molecule has 25 heavy (non-hydrogen) atoms. The van der Waals surface area contributed by atoms with Crippen LogP contribution >= 0.6 is 0 Å². The van der Waals surface area contributed by atoms with Gasteiger partial charge >= 0.3 is 0 Å². The SMILES string of the molecule is COc1ccc(OCCCN2CCC[C@@H]2[C@@H]2CCCN2C(C)=O)cc1. The highest BCUT2D eigenvalue weighted by Gasteiger charge is 2.38. The number of amides is 1. The Balaban J connectivity index is 1.44. The lowest BCUT2D eigenvalue weighted by molar-refractivity contribution is -0.130. The summed E-state index contributed by atoms with van der Waals surface area (Å²) < 4.78 is 11.0. The average molecular weight is 346 g/mol. The minimum atomic E-state index is 0.234. The number of rotatable bonds is 7. The van der Waals surface area contributed by atoms with Crippen LogP contribution < -0.4 is 9.47 Å². The summed E-state index contributed by atoms with van der Waals surface area (Å²) in [6.45, 7) is 5.56. The molecule has 0 aliphatic carbocycles. The van der Waals surface area contributed by atoms with Crippen LogP contribution in [0.4, 0.5) is 0 Å². The number of carbonyl (C=O) groups is 1. The fourth-order valence-corrected chi connectivity index (χ4v) is 4.28. The largest absolute Gasteiger partial charge is 0.497 e. The Morgan fingerprint density at radius 3 is 2.48 bits per heavy atom. The van der Waals surface area contributed by atoms with Gasteiger partial charge in [0.2, 0.25) is 5.91 Å². The first-order valence-electron chi connectivity index (χ1n) is 9.47. The molecule has 3 rings (SSSR count). The molecule has 0 radical (unpaired) electrons. The van der Waals surface area contributed by atoms with E-state index >= 15 is 0 Å². The number of hydrogen-bond donors (Lipinski definition) is 0. The highest BCUT2D eigenvalue weighted by atomic mass is 16.5. The van der Waals surface area contributed by atoms with Gasteiger partial charge in [-0.1, -0.05) is 0 Å². The second-order valence-corrected chi connectivity index (χ2v) is 7.05. The van der Waals surface area contributed by atoms with Gasteiger partial charge in [0, 0.05) is 32.1 Å². The predicted molar refractivity (Wildman–Crippen MR) is 98.1 cm³/mol. The van der Waals surface area contributed by atoms with Crippen LogP contribution in [0.5, 0.6) is 11.5 Å². The minimum absolute atomic E-state index is 0.234. The summed E-state index contributed by atoms with van der Waals surface area (Å²) >= 11 is 0. The zero-order valence-electron chi connectivity index (χ0n) is 15.4. The van der Waals surface area contributed by atoms with Gasteiger partial charge in [-0.2, -0.15) is 0 Å². The molecule has 0 bridgehead atoms. The van der Waals surface area contributed by atoms with Gasteiger partial charge in [0.05, 0.1) is 13.7 Å². The molecule has 2 aliphatic rings. The summed E-state index contributed by atoms with van der Waals surface area (Å²) in [5, 5.41) is 0. The van der Waals surface area contributed by atoms with E-state index in [1.807, 2.05) is 24.3 Å². The fraction of sp³-hybridized carbons (Fsp3) is 0.650. The molecule has 1 aromatic carbocycles. The van der Waals surface area contributed by atoms with E-state index in [1.165, 1.54) is 12.8 Å². The van der Waals surface area contributed by atoms with E-state index in [4.69, 9.17) is 9.47 Å². The second kappa shape index (κ2) is 8.56. The smallest absolute Gasteiger partial charge is 0.219 e. The Morgan fingerprint density at radius 1 is 1.08 bits per heavy atom. The molecule has 2 fully saturated rings. The standard InChI is InChI=1S/C20H30N2O3/c1-16(23)22-14-4-7-20(22)19-6-3-12-21(19)13-5-15-25-18-10-8-17(24-2)9-11-18/h8-11,19-20H,3-7,12-15H2,1-2H3/t19-,20+/m1/s1. The number of benzene rings is 1. The molecular formula is C20H30N2O3. The van der Waals surface area contributed by atoms with E-state index in [1.54, 1.807) is 14.0 Å². The van der Waals surface area contributed by atoms with Crippen LogP contribution in [-0.2, 0) is 4.79 Å². The highest BCUT2D eigenvalue weighted by molar-refractivity contribution is 5.74. The Labute approximate surface area is 150 Å². The molecule has 1 aromatic rings. The minimum Gasteiger partial charge on any atom is -0.497 e. The van der Waals surface area contributed by atoms with Gasteiger partial charge < -0.3 is 14.4 Å². The van der Waals surface area contributed by atoms with Gasteiger partial charge in [0.25, 0.3) is 0 Å². The first kappa shape index (κ1) is 18.1. The van der Waals surface area contributed by atoms with E-state index in [9.17, 15) is 4.79 Å². The van der Waals surface area contributed by atoms with Gasteiger partial charge in [0.1, 0.15) is 11.5 Å². The fourth-order valence-electron chi connectivity index (χ4n) is 4.28. The molecule has 2 atom stereocenters. The van der Waals surface area contributed by atoms with Gasteiger partial charge in [-0.15, -0.1) is 0 Å². The summed E-state index contributed by atoms with van der Waals surface area (Å²) in [5.74, 6) is 1.97. The van der Waals surface area contributed by atoms with Crippen molar-refractivity contribution in [3.8, 4) is 11.5 Å². The molecule has 1 amide bonds. The van der Waals surface area contributed by atoms with Crippen LogP contribution in [0.25, 0.3) is 0 Å². The maximum atomic E-state index is 11.9. The van der Waals surface area contributed by atoms with Gasteiger partial charge in [-0.05, 0) is 62.9 Å². The molecule has 2 saturated heterocycles. The van der Waals surface area contributed by atoms with Crippen LogP contribution in [0.1, 0.15) is 39.0 Å². The Hall–Kier alpha value is -1.75. The molecule has 2 heterocycles. The van der Waals surface area contributed by atoms with Crippen LogP contribution in [0.3, 0.4) is 0 Å². The van der Waals surface area contributed by atoms with Crippen molar-refractivity contribution < 1.29 is 14.3 Å². The summed E-state index contributed by atoms with van der Waals surface area (Å²) in [4.78, 5) is 16.5. The van der Waals surface area contributed by atoms with Crippen LogP contribution in [0, 0.1) is 0 Å². The van der Waals surface area contributed by atoms with Crippen molar-refractivity contribution in [1.82, 2.24) is 9.80 Å². The van der Waals surface area contributed by atoms with Crippen molar-refractivity contribution >= 4 is 5.91 Å². The monoisotopic (exact) mass is 346 g/mol. The van der Waals surface area contributed by atoms with E-state index in [-0.39, 0.29) is 5.91 Å². The number of hydrogen-bond acceptors (Lipinski definition) is 4. The van der Waals surface area contributed by atoms with Crippen molar-refractivity contribution in [3.63, 3.8) is 0 Å². The van der Waals surface area contributed by atoms with E-state index < -0.39 is 0 Å². The average Bonchev–Trinajstić information content (AvgIpc) is 3.27. The molecule has 2 aliphatic heterocycles. The molecule has 0 aromatic heterocycles. The lowest BCUT2D eigenvalue weighted by Gasteiger charge is -2.34. The van der Waals surface area contributed by atoms with Crippen molar-refractivity contribution in [3.05, 3.63) is 24.3 Å². The van der Waals surface area contributed by atoms with Crippen LogP contribution in [-0.4, -0.2) is 61.1 Å². The number of ether oxygens (including phenoxy) is 2. The maximum absolute atomic E-state index is 11.9. The maximum Gasteiger partial charge on any atom is 0.219 e. The third-order valence-corrected chi connectivity index (χ3v) is 5.48. The summed E-state index contributed by atoms with van der Waals surface area (Å²) in [5.41, 5.74) is 0. The van der Waals surface area contributed by atoms with Crippen LogP contribution in [0.15, 0.2) is 24.3 Å². The molecule has 0 spiro atoms. The molecule has 5 nitrogen and oxygen atoms in total. The topological polar surface area (TPSA) is 42.0 Å². The summed E-state index contributed by atoms with van der Waals surface area (Å²) in [6, 6.07) is 8.68. The third-order valence-electron chi connectivity index (χ3n) is 5.48. The molecule has 0 unspecified atom stereocenters. The Kier molecular flexibility index (Phi) is 6.19. The third kappa shape index (κ3) is 4.46. The van der Waals surface area contributed by atoms with Crippen molar-refractivity contribution in [2.24, 2.45) is 0 Å². The Bertz CT molecular complexity index is 561. The number of methoxy groups -OCH3 is 1. The lowest BCUT2D eigenvalue weighted by Crippen LogP contribution is -2.48. The first-order chi connectivity index (χ1) is 12.2. The number of nitrogens with zero attached hydrogens (tertiary/aromatic N) is 2. The van der Waals surface area contributed by atoms with E-state index in [2.05, 4.69) is 9.80 Å². The molecule has 138 valence electrons. The number of likely N-dealkylation sites (tertiary alicyclic amines) is 2. The first-order valence-corrected chi connectivity index (χ1v) is 9.47. The van der Waals surface area contributed by atoms with E-state index in [0.29, 0.717) is 12.1 Å². The normalized spacial score (nSPS) is 23.8. The van der Waals surface area contributed by atoms with Crippen molar-refractivity contribution in [1.29, 1.82) is 0 Å². The molecule has 5 heteroatoms. The second-order valence-electron chi connectivity index (χ2n) is 7.05. The Morgan fingerprint density at radius 2 is 1.76 bits per heavy atom. The molecular weight excluding hydrogens is 316 g/mol. The van der Waals surface area contributed by atoms with Crippen molar-refractivity contribution in [2.45, 2.75) is 51.1 Å². The van der Waals surface area contributed by atoms with Gasteiger partial charge in [0.15, 0.2) is 0 Å².